The number of Topliss-reactive ketones (excluding diaryl/α,β-unsaturated/α-hetero) is 1. The number of carbonyl (C=O) groups excluding carboxylic acids is 3. The molecule has 5 rings (SSSR count). The van der Waals surface area contributed by atoms with Crippen molar-refractivity contribution in [2.45, 2.75) is 49.8 Å². The Morgan fingerprint density at radius 1 is 1.26 bits per heavy atom. The molecule has 5 atom stereocenters. The first kappa shape index (κ1) is 27.1. The van der Waals surface area contributed by atoms with Crippen molar-refractivity contribution in [1.82, 2.24) is 9.80 Å². The number of rotatable bonds is 4. The Balaban J connectivity index is 1.58. The molecular formula is C27H33FN4O7. The number of halogens is 1. The molecular weight excluding hydrogens is 511 g/mol. The molecule has 0 spiro atoms. The van der Waals surface area contributed by atoms with Gasteiger partial charge in [-0.3, -0.25) is 24.2 Å². The number of benzene rings is 1. The van der Waals surface area contributed by atoms with Gasteiger partial charge in [0.05, 0.1) is 28.9 Å². The zero-order valence-electron chi connectivity index (χ0n) is 22.0. The summed E-state index contributed by atoms with van der Waals surface area (Å²) in [6, 6.07) is -0.382. The van der Waals surface area contributed by atoms with E-state index in [0.29, 0.717) is 6.42 Å². The fourth-order valence-electron chi connectivity index (χ4n) is 6.91. The molecule has 210 valence electrons. The molecule has 4 aliphatic rings. The first-order valence-corrected chi connectivity index (χ1v) is 12.9. The van der Waals surface area contributed by atoms with Gasteiger partial charge in [0, 0.05) is 29.5 Å². The van der Waals surface area contributed by atoms with E-state index in [-0.39, 0.29) is 46.6 Å². The summed E-state index contributed by atoms with van der Waals surface area (Å²) in [7, 11) is 5.02. The molecule has 12 heteroatoms. The van der Waals surface area contributed by atoms with E-state index in [1.165, 1.54) is 0 Å². The van der Waals surface area contributed by atoms with Gasteiger partial charge in [0.2, 0.25) is 11.8 Å². The number of likely N-dealkylation sites (N-methyl/N-ethyl adjacent to an activating group) is 2. The summed E-state index contributed by atoms with van der Waals surface area (Å²) in [6.07, 6.45) is 0.876. The van der Waals surface area contributed by atoms with Gasteiger partial charge in [-0.05, 0) is 59.3 Å². The fraction of sp³-hybridized carbons (Fsp3) is 0.519. The number of hydrogen-bond donors (Lipinski definition) is 6. The van der Waals surface area contributed by atoms with Crippen molar-refractivity contribution >= 4 is 29.0 Å². The minimum atomic E-state index is -2.18. The van der Waals surface area contributed by atoms with Crippen LogP contribution < -0.4 is 11.1 Å². The first-order chi connectivity index (χ1) is 18.3. The smallest absolute Gasteiger partial charge is 0.248 e. The lowest BCUT2D eigenvalue weighted by Gasteiger charge is -2.51. The number of amides is 2. The number of aromatic hydroxyl groups is 1. The van der Waals surface area contributed by atoms with Crippen LogP contribution in [0.4, 0.5) is 10.1 Å². The second-order valence-corrected chi connectivity index (χ2v) is 11.3. The molecule has 1 saturated heterocycles. The lowest BCUT2D eigenvalue weighted by Crippen LogP contribution is -2.62. The van der Waals surface area contributed by atoms with Gasteiger partial charge in [0.25, 0.3) is 0 Å². The third-order valence-electron chi connectivity index (χ3n) is 8.84. The molecule has 1 unspecified atom stereocenters. The lowest BCUT2D eigenvalue weighted by molar-refractivity contribution is -0.151. The number of hydrogen-bond acceptors (Lipinski definition) is 9. The van der Waals surface area contributed by atoms with Gasteiger partial charge in [0.15, 0.2) is 11.5 Å². The molecule has 3 aliphatic carbocycles. The highest BCUT2D eigenvalue weighted by atomic mass is 19.1. The number of carbonyl (C=O) groups is 3. The number of aliphatic hydroxyl groups excluding tert-OH is 2. The highest BCUT2D eigenvalue weighted by molar-refractivity contribution is 6.11. The van der Waals surface area contributed by atoms with Crippen molar-refractivity contribution < 1.29 is 39.2 Å². The SMILES string of the molecule is CN(C)C1C(O)=C(C(N)=O)C[C@@]2(O)C(=O)C3=C(O)c4c(O)c(NC(=O)[C@@H]5CCCN5C)cc(F)c4C[C@H]3C[C@@H]12. The molecule has 0 radical (unpaired) electrons. The minimum Gasteiger partial charge on any atom is -0.510 e. The van der Waals surface area contributed by atoms with Crippen molar-refractivity contribution in [3.05, 3.63) is 39.9 Å². The van der Waals surface area contributed by atoms with Crippen molar-refractivity contribution in [2.75, 3.05) is 33.0 Å². The van der Waals surface area contributed by atoms with Crippen LogP contribution >= 0.6 is 0 Å². The summed E-state index contributed by atoms with van der Waals surface area (Å²) in [6.45, 7) is 0.724. The van der Waals surface area contributed by atoms with Crippen LogP contribution in [0.5, 0.6) is 5.75 Å². The summed E-state index contributed by atoms with van der Waals surface area (Å²) in [5, 5.41) is 47.4. The Bertz CT molecular complexity index is 1360. The Morgan fingerprint density at radius 3 is 2.54 bits per heavy atom. The number of nitrogens with one attached hydrogen (secondary N) is 1. The van der Waals surface area contributed by atoms with E-state index in [1.807, 2.05) is 4.90 Å². The number of nitrogens with zero attached hydrogens (tertiary/aromatic N) is 2. The molecule has 39 heavy (non-hydrogen) atoms. The number of likely N-dealkylation sites (tertiary alicyclic amines) is 1. The van der Waals surface area contributed by atoms with Crippen LogP contribution in [0, 0.1) is 17.7 Å². The van der Waals surface area contributed by atoms with Gasteiger partial charge < -0.3 is 31.5 Å². The van der Waals surface area contributed by atoms with E-state index >= 15 is 4.39 Å². The van der Waals surface area contributed by atoms with Crippen molar-refractivity contribution in [3.63, 3.8) is 0 Å². The Kier molecular flexibility index (Phi) is 6.47. The fourth-order valence-corrected chi connectivity index (χ4v) is 6.91. The molecule has 7 N–H and O–H groups in total. The van der Waals surface area contributed by atoms with Gasteiger partial charge in [-0.2, -0.15) is 0 Å². The van der Waals surface area contributed by atoms with Gasteiger partial charge >= 0.3 is 0 Å². The maximum atomic E-state index is 15.4. The molecule has 0 bridgehead atoms. The van der Waals surface area contributed by atoms with Gasteiger partial charge in [0.1, 0.15) is 22.9 Å². The number of aliphatic hydroxyl groups is 3. The number of phenols is 1. The third kappa shape index (κ3) is 4.00. The molecule has 1 aromatic carbocycles. The third-order valence-corrected chi connectivity index (χ3v) is 8.84. The molecule has 0 aromatic heterocycles. The van der Waals surface area contributed by atoms with Crippen LogP contribution in [-0.2, 0) is 20.8 Å². The number of anilines is 1. The van der Waals surface area contributed by atoms with E-state index < -0.39 is 70.9 Å². The molecule has 1 aliphatic heterocycles. The maximum Gasteiger partial charge on any atom is 0.248 e. The second kappa shape index (κ2) is 9.32. The predicted octanol–water partition coefficient (Wildman–Crippen LogP) is 0.957. The van der Waals surface area contributed by atoms with Crippen LogP contribution in [-0.4, -0.2) is 93.2 Å². The topological polar surface area (TPSA) is 177 Å². The summed E-state index contributed by atoms with van der Waals surface area (Å²) in [5.74, 6) is -6.30. The van der Waals surface area contributed by atoms with E-state index in [2.05, 4.69) is 5.32 Å². The average molecular weight is 545 g/mol. The molecule has 1 aromatic rings. The minimum absolute atomic E-state index is 0.0252. The Labute approximate surface area is 224 Å². The van der Waals surface area contributed by atoms with Gasteiger partial charge in [-0.1, -0.05) is 0 Å². The summed E-state index contributed by atoms with van der Waals surface area (Å²) in [4.78, 5) is 42.1. The Morgan fingerprint density at radius 2 is 1.95 bits per heavy atom. The van der Waals surface area contributed by atoms with Crippen LogP contribution in [0.15, 0.2) is 23.0 Å². The lowest BCUT2D eigenvalue weighted by atomic mass is 9.57. The van der Waals surface area contributed by atoms with Crippen LogP contribution in [0.25, 0.3) is 5.76 Å². The van der Waals surface area contributed by atoms with Gasteiger partial charge in [-0.15, -0.1) is 0 Å². The second-order valence-electron chi connectivity index (χ2n) is 11.3. The highest BCUT2D eigenvalue weighted by Gasteiger charge is 2.60. The zero-order valence-corrected chi connectivity index (χ0v) is 22.0. The van der Waals surface area contributed by atoms with Crippen LogP contribution in [0.3, 0.4) is 0 Å². The summed E-state index contributed by atoms with van der Waals surface area (Å²) < 4.78 is 15.4. The highest BCUT2D eigenvalue weighted by Crippen LogP contribution is 2.53. The largest absolute Gasteiger partial charge is 0.510 e. The van der Waals surface area contributed by atoms with E-state index in [9.17, 15) is 34.8 Å². The Hall–Kier alpha value is -3.48. The van der Waals surface area contributed by atoms with E-state index in [1.54, 1.807) is 26.0 Å². The summed E-state index contributed by atoms with van der Waals surface area (Å²) >= 11 is 0. The van der Waals surface area contributed by atoms with Crippen molar-refractivity contribution in [3.8, 4) is 5.75 Å². The van der Waals surface area contributed by atoms with Crippen molar-refractivity contribution in [2.24, 2.45) is 17.6 Å². The molecule has 1 heterocycles. The van der Waals surface area contributed by atoms with Gasteiger partial charge in [-0.25, -0.2) is 4.39 Å². The first-order valence-electron chi connectivity index (χ1n) is 12.9. The zero-order chi connectivity index (χ0) is 28.5. The normalized spacial score (nSPS) is 30.8. The number of ketones is 1. The standard InChI is InChI=1S/C27H33FN4O7/c1-31(2)20-14-8-11-7-12-15(28)9-16(30-26(38)17-5-4-6-32(17)3)22(34)19(12)23(35)18(11)24(36)27(14,39)10-13(21(20)33)25(29)37/h9,11,14,17,20,33-35,39H,4-8,10H2,1-3H3,(H2,29,37)(H,30,38)/t11-,14-,17-,20?,27-/m0/s1. The van der Waals surface area contributed by atoms with Crippen LogP contribution in [0.2, 0.25) is 0 Å². The molecule has 2 fully saturated rings. The quantitative estimate of drug-likeness (QED) is 0.301. The predicted molar refractivity (Wildman–Crippen MR) is 138 cm³/mol. The summed E-state index contributed by atoms with van der Waals surface area (Å²) in [5.41, 5.74) is 2.19. The maximum absolute atomic E-state index is 15.4. The van der Waals surface area contributed by atoms with E-state index in [0.717, 1.165) is 19.0 Å². The number of primary amides is 1. The monoisotopic (exact) mass is 544 g/mol. The number of fused-ring (bicyclic) bond motifs is 3. The van der Waals surface area contributed by atoms with E-state index in [4.69, 9.17) is 5.73 Å². The number of nitrogens with two attached hydrogens (primary N) is 1. The molecule has 1 saturated carbocycles. The number of phenolic OH excluding ortho intramolecular Hbond substituents is 1. The van der Waals surface area contributed by atoms with Crippen molar-refractivity contribution in [1.29, 1.82) is 0 Å². The molecule has 2 amide bonds. The van der Waals surface area contributed by atoms with Crippen LogP contribution in [0.1, 0.15) is 36.8 Å². The molecule has 11 nitrogen and oxygen atoms in total. The average Bonchev–Trinajstić information content (AvgIpc) is 3.29.